The number of esters is 2. The number of carbonyl (C=O) groups is 2. The highest BCUT2D eigenvalue weighted by Crippen LogP contribution is 2.31. The normalized spacial score (nSPS) is 21.4. The monoisotopic (exact) mass is 479 g/mol. The van der Waals surface area contributed by atoms with Crippen molar-refractivity contribution in [3.8, 4) is 0 Å². The van der Waals surface area contributed by atoms with E-state index in [0.717, 1.165) is 15.7 Å². The molecule has 1 aliphatic rings. The van der Waals surface area contributed by atoms with E-state index in [2.05, 4.69) is 4.98 Å². The summed E-state index contributed by atoms with van der Waals surface area (Å²) in [5.74, 6) is -1.11. The van der Waals surface area contributed by atoms with Crippen LogP contribution in [-0.4, -0.2) is 51.5 Å². The largest absolute Gasteiger partial charge is 0.463 e. The number of ether oxygens (including phenoxy) is 3. The van der Waals surface area contributed by atoms with Gasteiger partial charge >= 0.3 is 17.6 Å². The summed E-state index contributed by atoms with van der Waals surface area (Å²) in [6.45, 7) is -0.292. The third-order valence-corrected chi connectivity index (χ3v) is 5.49. The number of nitrogens with two attached hydrogens (primary N) is 1. The Morgan fingerprint density at radius 1 is 0.971 bits per heavy atom. The van der Waals surface area contributed by atoms with Crippen LogP contribution in [0.3, 0.4) is 0 Å². The van der Waals surface area contributed by atoms with Gasteiger partial charge in [0.05, 0.1) is 12.8 Å². The molecule has 1 aromatic heterocycles. The molecule has 0 aliphatic carbocycles. The van der Waals surface area contributed by atoms with E-state index in [0.29, 0.717) is 0 Å². The topological polar surface area (TPSA) is 143 Å². The number of aliphatic hydroxyl groups is 1. The summed E-state index contributed by atoms with van der Waals surface area (Å²) in [7, 11) is 0. The van der Waals surface area contributed by atoms with Gasteiger partial charge in [-0.25, -0.2) is 4.79 Å². The second-order valence-electron chi connectivity index (χ2n) is 8.06. The molecule has 10 nitrogen and oxygen atoms in total. The van der Waals surface area contributed by atoms with E-state index >= 15 is 0 Å². The first-order valence-electron chi connectivity index (χ1n) is 11.0. The Morgan fingerprint density at radius 2 is 1.57 bits per heavy atom. The van der Waals surface area contributed by atoms with E-state index < -0.39 is 42.2 Å². The molecule has 1 fully saturated rings. The zero-order valence-electron chi connectivity index (χ0n) is 18.7. The highest BCUT2D eigenvalue weighted by Gasteiger charge is 2.48. The minimum atomic E-state index is -1.42. The molecule has 3 N–H and O–H groups in total. The predicted octanol–water partition coefficient (Wildman–Crippen LogP) is 1.02. The average Bonchev–Trinajstić information content (AvgIpc) is 3.14. The molecule has 0 saturated carbocycles. The summed E-state index contributed by atoms with van der Waals surface area (Å²) in [6, 6.07) is 19.4. The van der Waals surface area contributed by atoms with Gasteiger partial charge in [0.2, 0.25) is 0 Å². The molecule has 2 aromatic carbocycles. The number of hydrogen-bond acceptors (Lipinski definition) is 9. The Labute approximate surface area is 200 Å². The zero-order chi connectivity index (χ0) is 24.8. The lowest BCUT2D eigenvalue weighted by Crippen LogP contribution is -2.40. The van der Waals surface area contributed by atoms with Gasteiger partial charge in [-0.2, -0.15) is 4.98 Å². The summed E-state index contributed by atoms with van der Waals surface area (Å²) in [5, 5.41) is 10.9. The van der Waals surface area contributed by atoms with Crippen molar-refractivity contribution in [1.82, 2.24) is 9.55 Å². The van der Waals surface area contributed by atoms with Gasteiger partial charge < -0.3 is 25.1 Å². The molecule has 182 valence electrons. The lowest BCUT2D eigenvalue weighted by atomic mass is 10.1. The molecule has 2 heterocycles. The second-order valence-corrected chi connectivity index (χ2v) is 8.06. The Balaban J connectivity index is 1.48. The molecule has 4 atom stereocenters. The number of nitrogens with zero attached hydrogens (tertiary/aromatic N) is 2. The van der Waals surface area contributed by atoms with Gasteiger partial charge in [0.1, 0.15) is 24.6 Å². The highest BCUT2D eigenvalue weighted by molar-refractivity contribution is 5.73. The molecule has 0 spiro atoms. The van der Waals surface area contributed by atoms with Gasteiger partial charge in [-0.3, -0.25) is 14.2 Å². The lowest BCUT2D eigenvalue weighted by Gasteiger charge is -2.21. The van der Waals surface area contributed by atoms with Gasteiger partial charge in [-0.15, -0.1) is 0 Å². The molecule has 10 heteroatoms. The van der Waals surface area contributed by atoms with E-state index in [-0.39, 0.29) is 25.3 Å². The van der Waals surface area contributed by atoms with Crippen molar-refractivity contribution in [3.63, 3.8) is 0 Å². The summed E-state index contributed by atoms with van der Waals surface area (Å²) in [6.07, 6.45) is -3.51. The van der Waals surface area contributed by atoms with Crippen LogP contribution >= 0.6 is 0 Å². The summed E-state index contributed by atoms with van der Waals surface area (Å²) in [4.78, 5) is 40.9. The molecular weight excluding hydrogens is 454 g/mol. The molecule has 0 bridgehead atoms. The summed E-state index contributed by atoms with van der Waals surface area (Å²) in [5.41, 5.74) is 6.30. The highest BCUT2D eigenvalue weighted by atomic mass is 16.6. The number of hydrogen-bond donors (Lipinski definition) is 2. The van der Waals surface area contributed by atoms with E-state index in [4.69, 9.17) is 19.9 Å². The van der Waals surface area contributed by atoms with Crippen LogP contribution in [0.1, 0.15) is 17.4 Å². The maximum atomic E-state index is 12.6. The van der Waals surface area contributed by atoms with Crippen LogP contribution < -0.4 is 11.4 Å². The minimum absolute atomic E-state index is 0.0102. The summed E-state index contributed by atoms with van der Waals surface area (Å²) >= 11 is 0. The number of nitrogen functional groups attached to an aromatic ring is 1. The van der Waals surface area contributed by atoms with E-state index in [1.807, 2.05) is 24.3 Å². The molecule has 0 unspecified atom stereocenters. The van der Waals surface area contributed by atoms with Crippen LogP contribution in [0, 0.1) is 0 Å². The van der Waals surface area contributed by atoms with E-state index in [1.165, 1.54) is 12.3 Å². The third-order valence-electron chi connectivity index (χ3n) is 5.49. The van der Waals surface area contributed by atoms with Crippen LogP contribution in [0.2, 0.25) is 0 Å². The van der Waals surface area contributed by atoms with Crippen LogP contribution in [0.4, 0.5) is 5.82 Å². The first-order chi connectivity index (χ1) is 16.9. The predicted molar refractivity (Wildman–Crippen MR) is 124 cm³/mol. The molecule has 0 amide bonds. The second kappa shape index (κ2) is 10.9. The van der Waals surface area contributed by atoms with Crippen molar-refractivity contribution in [2.24, 2.45) is 0 Å². The van der Waals surface area contributed by atoms with Crippen LogP contribution in [0.25, 0.3) is 0 Å². The van der Waals surface area contributed by atoms with Crippen LogP contribution in [0.15, 0.2) is 77.7 Å². The van der Waals surface area contributed by atoms with Gasteiger partial charge in [0.25, 0.3) is 0 Å². The smallest absolute Gasteiger partial charge is 0.351 e. The molecule has 1 saturated heterocycles. The Hall–Kier alpha value is -4.02. The number of benzene rings is 2. The van der Waals surface area contributed by atoms with Crippen molar-refractivity contribution in [2.75, 3.05) is 12.3 Å². The van der Waals surface area contributed by atoms with Gasteiger partial charge in [-0.05, 0) is 17.2 Å². The van der Waals surface area contributed by atoms with Gasteiger partial charge in [0, 0.05) is 6.20 Å². The number of aliphatic hydroxyl groups excluding tert-OH is 1. The summed E-state index contributed by atoms with van der Waals surface area (Å²) < 4.78 is 17.8. The molecular formula is C25H25N3O7. The van der Waals surface area contributed by atoms with Crippen LogP contribution in [-0.2, 0) is 36.6 Å². The average molecular weight is 479 g/mol. The first-order valence-corrected chi connectivity index (χ1v) is 11.0. The standard InChI is InChI=1S/C25H25N3O7/c26-19-11-12-28(25(32)27-19)24-22(31)23(35-21(30)14-17-9-5-2-6-10-17)18(34-24)15-33-20(29)13-16-7-3-1-4-8-16/h1-12,18,22-24,31H,13-15H2,(H2,26,27,32)/t18-,22+,23-,24-/m1/s1. The van der Waals surface area contributed by atoms with Crippen molar-refractivity contribution >= 4 is 17.8 Å². The third kappa shape index (κ3) is 6.11. The molecule has 3 aromatic rings. The van der Waals surface area contributed by atoms with Gasteiger partial charge in [-0.1, -0.05) is 60.7 Å². The number of anilines is 1. The number of rotatable bonds is 8. The maximum Gasteiger partial charge on any atom is 0.351 e. The van der Waals surface area contributed by atoms with Crippen molar-refractivity contribution in [3.05, 3.63) is 94.5 Å². The number of aromatic nitrogens is 2. The Bertz CT molecular complexity index is 1220. The van der Waals surface area contributed by atoms with E-state index in [9.17, 15) is 19.5 Å². The molecule has 4 rings (SSSR count). The SMILES string of the molecule is Nc1ccn([C@@H]2O[C@H](COC(=O)Cc3ccccc3)[C@@H](OC(=O)Cc3ccccc3)[C@@H]2O)c(=O)n1. The maximum absolute atomic E-state index is 12.6. The fraction of sp³-hybridized carbons (Fsp3) is 0.280. The number of carbonyl (C=O) groups excluding carboxylic acids is 2. The first kappa shape index (κ1) is 24.1. The fourth-order valence-corrected chi connectivity index (χ4v) is 3.79. The Morgan fingerprint density at radius 3 is 2.17 bits per heavy atom. The van der Waals surface area contributed by atoms with Crippen molar-refractivity contribution < 1.29 is 28.9 Å². The fourth-order valence-electron chi connectivity index (χ4n) is 3.79. The van der Waals surface area contributed by atoms with Crippen molar-refractivity contribution in [2.45, 2.75) is 37.4 Å². The lowest BCUT2D eigenvalue weighted by molar-refractivity contribution is -0.159. The Kier molecular flexibility index (Phi) is 7.54. The molecule has 0 radical (unpaired) electrons. The zero-order valence-corrected chi connectivity index (χ0v) is 18.7. The van der Waals surface area contributed by atoms with Gasteiger partial charge in [0.15, 0.2) is 12.3 Å². The molecule has 1 aliphatic heterocycles. The minimum Gasteiger partial charge on any atom is -0.463 e. The quantitative estimate of drug-likeness (QED) is 0.453. The molecule has 35 heavy (non-hydrogen) atoms. The van der Waals surface area contributed by atoms with Crippen LogP contribution in [0.5, 0.6) is 0 Å². The van der Waals surface area contributed by atoms with E-state index in [1.54, 1.807) is 36.4 Å². The van der Waals surface area contributed by atoms with Crippen molar-refractivity contribution in [1.29, 1.82) is 0 Å².